The van der Waals surface area contributed by atoms with Crippen LogP contribution in [0.15, 0.2) is 0 Å². The van der Waals surface area contributed by atoms with Crippen molar-refractivity contribution in [1.82, 2.24) is 0 Å². The molecule has 7 nitrogen and oxygen atoms in total. The summed E-state index contributed by atoms with van der Waals surface area (Å²) in [4.78, 5) is 20.4. The topological polar surface area (TPSA) is 124 Å². The van der Waals surface area contributed by atoms with E-state index in [-0.39, 0.29) is 6.29 Å². The highest BCUT2D eigenvalue weighted by atomic mass is 16.5. The van der Waals surface area contributed by atoms with Gasteiger partial charge >= 0.3 is 5.97 Å². The SMILES string of the molecule is CO[C@@H]([C@H](O)[C@@H](O)C=O)[C@H](O)C(=O)O. The Morgan fingerprint density at radius 2 is 1.86 bits per heavy atom. The third-order valence-electron chi connectivity index (χ3n) is 1.66. The lowest BCUT2D eigenvalue weighted by Gasteiger charge is -2.24. The molecule has 0 saturated carbocycles. The normalized spacial score (nSPS) is 19.4. The first-order chi connectivity index (χ1) is 6.45. The van der Waals surface area contributed by atoms with Gasteiger partial charge in [-0.25, -0.2) is 4.79 Å². The molecule has 0 rings (SSSR count). The first kappa shape index (κ1) is 13.0. The third-order valence-corrected chi connectivity index (χ3v) is 1.66. The van der Waals surface area contributed by atoms with Crippen LogP contribution in [0.3, 0.4) is 0 Å². The molecule has 0 heterocycles. The lowest BCUT2D eigenvalue weighted by molar-refractivity contribution is -0.167. The minimum Gasteiger partial charge on any atom is -0.479 e. The molecule has 4 N–H and O–H groups in total. The fourth-order valence-electron chi connectivity index (χ4n) is 0.870. The molecule has 0 aromatic carbocycles. The van der Waals surface area contributed by atoms with Crippen LogP contribution in [0.4, 0.5) is 0 Å². The number of rotatable bonds is 6. The Morgan fingerprint density at radius 1 is 1.36 bits per heavy atom. The van der Waals surface area contributed by atoms with Gasteiger partial charge in [-0.2, -0.15) is 0 Å². The van der Waals surface area contributed by atoms with Crippen LogP contribution in [-0.4, -0.2) is 64.2 Å². The molecule has 7 heteroatoms. The number of aliphatic carboxylic acids is 1. The van der Waals surface area contributed by atoms with Crippen LogP contribution in [0.5, 0.6) is 0 Å². The van der Waals surface area contributed by atoms with Crippen molar-refractivity contribution in [1.29, 1.82) is 0 Å². The number of hydrogen-bond donors (Lipinski definition) is 4. The van der Waals surface area contributed by atoms with Crippen LogP contribution in [0.1, 0.15) is 0 Å². The average molecular weight is 208 g/mol. The van der Waals surface area contributed by atoms with Gasteiger partial charge in [-0.3, -0.25) is 0 Å². The standard InChI is InChI=1S/C7H12O7/c1-14-6(5(11)7(12)13)4(10)3(9)2-8/h2-6,9-11H,1H3,(H,12,13)/t3-,4+,5-,6-/m0/s1. The summed E-state index contributed by atoms with van der Waals surface area (Å²) in [5, 5.41) is 35.4. The van der Waals surface area contributed by atoms with Gasteiger partial charge < -0.3 is 30.0 Å². The Kier molecular flexibility index (Phi) is 5.24. The van der Waals surface area contributed by atoms with Crippen molar-refractivity contribution in [2.24, 2.45) is 0 Å². The molecule has 14 heavy (non-hydrogen) atoms. The van der Waals surface area contributed by atoms with Crippen LogP contribution in [0.2, 0.25) is 0 Å². The molecule has 0 aliphatic carbocycles. The third kappa shape index (κ3) is 3.04. The first-order valence-electron chi connectivity index (χ1n) is 3.70. The average Bonchev–Trinajstić information content (AvgIpc) is 2.17. The Labute approximate surface area is 79.5 Å². The molecular formula is C7H12O7. The maximum absolute atomic E-state index is 10.3. The van der Waals surface area contributed by atoms with Gasteiger partial charge in [0.1, 0.15) is 18.3 Å². The van der Waals surface area contributed by atoms with Crippen LogP contribution in [-0.2, 0) is 14.3 Å². The second-order valence-corrected chi connectivity index (χ2v) is 2.60. The number of carboxylic acid groups (broad SMARTS) is 1. The Hall–Kier alpha value is -1.02. The van der Waals surface area contributed by atoms with Gasteiger partial charge in [0.2, 0.25) is 0 Å². The van der Waals surface area contributed by atoms with Crippen molar-refractivity contribution in [3.8, 4) is 0 Å². The predicted octanol–water partition coefficient (Wildman–Crippen LogP) is -2.63. The summed E-state index contributed by atoms with van der Waals surface area (Å²) in [6.45, 7) is 0. The molecule has 0 fully saturated rings. The van der Waals surface area contributed by atoms with E-state index in [1.165, 1.54) is 0 Å². The molecule has 0 amide bonds. The van der Waals surface area contributed by atoms with Gasteiger partial charge in [-0.1, -0.05) is 0 Å². The van der Waals surface area contributed by atoms with Gasteiger partial charge in [-0.15, -0.1) is 0 Å². The largest absolute Gasteiger partial charge is 0.479 e. The second-order valence-electron chi connectivity index (χ2n) is 2.60. The maximum atomic E-state index is 10.3. The molecule has 0 saturated heterocycles. The van der Waals surface area contributed by atoms with E-state index < -0.39 is 30.4 Å². The van der Waals surface area contributed by atoms with Gasteiger partial charge in [0.15, 0.2) is 12.4 Å². The number of aldehydes is 1. The van der Waals surface area contributed by atoms with Gasteiger partial charge in [0, 0.05) is 7.11 Å². The molecule has 0 aliphatic heterocycles. The Balaban J connectivity index is 4.54. The summed E-state index contributed by atoms with van der Waals surface area (Å²) in [5.41, 5.74) is 0. The molecule has 0 unspecified atom stereocenters. The number of carboxylic acids is 1. The van der Waals surface area contributed by atoms with Gasteiger partial charge in [-0.05, 0) is 0 Å². The fraction of sp³-hybridized carbons (Fsp3) is 0.714. The molecule has 0 aromatic heterocycles. The first-order valence-corrected chi connectivity index (χ1v) is 3.70. The molecule has 0 spiro atoms. The number of methoxy groups -OCH3 is 1. The molecule has 0 radical (unpaired) electrons. The van der Waals surface area contributed by atoms with E-state index >= 15 is 0 Å². The zero-order valence-corrected chi connectivity index (χ0v) is 7.40. The van der Waals surface area contributed by atoms with Crippen LogP contribution < -0.4 is 0 Å². The number of aliphatic hydroxyl groups is 3. The highest BCUT2D eigenvalue weighted by molar-refractivity contribution is 5.73. The number of carbonyl (C=O) groups excluding carboxylic acids is 1. The summed E-state index contributed by atoms with van der Waals surface area (Å²) in [6.07, 6.45) is -7.14. The van der Waals surface area contributed by atoms with E-state index in [0.717, 1.165) is 7.11 Å². The zero-order chi connectivity index (χ0) is 11.3. The van der Waals surface area contributed by atoms with E-state index in [1.807, 2.05) is 0 Å². The molecule has 82 valence electrons. The number of hydrogen-bond acceptors (Lipinski definition) is 6. The van der Waals surface area contributed by atoms with Crippen LogP contribution in [0, 0.1) is 0 Å². The van der Waals surface area contributed by atoms with Crippen molar-refractivity contribution in [3.63, 3.8) is 0 Å². The molecular weight excluding hydrogens is 196 g/mol. The summed E-state index contributed by atoms with van der Waals surface area (Å²) in [7, 11) is 1.04. The van der Waals surface area contributed by atoms with Crippen molar-refractivity contribution >= 4 is 12.3 Å². The number of ether oxygens (including phenoxy) is 1. The molecule has 0 aliphatic rings. The van der Waals surface area contributed by atoms with E-state index in [4.69, 9.17) is 20.4 Å². The monoisotopic (exact) mass is 208 g/mol. The second kappa shape index (κ2) is 5.66. The Bertz CT molecular complexity index is 204. The van der Waals surface area contributed by atoms with E-state index in [9.17, 15) is 9.59 Å². The smallest absolute Gasteiger partial charge is 0.335 e. The van der Waals surface area contributed by atoms with Gasteiger partial charge in [0.25, 0.3) is 0 Å². The minimum atomic E-state index is -2.01. The summed E-state index contributed by atoms with van der Waals surface area (Å²) < 4.78 is 4.46. The van der Waals surface area contributed by atoms with E-state index in [1.54, 1.807) is 0 Å². The zero-order valence-electron chi connectivity index (χ0n) is 7.40. The van der Waals surface area contributed by atoms with E-state index in [2.05, 4.69) is 4.74 Å². The van der Waals surface area contributed by atoms with E-state index in [0.29, 0.717) is 0 Å². The Morgan fingerprint density at radius 3 is 2.14 bits per heavy atom. The quantitative estimate of drug-likeness (QED) is 0.352. The fourth-order valence-corrected chi connectivity index (χ4v) is 0.870. The molecule has 0 bridgehead atoms. The number of aliphatic hydroxyl groups excluding tert-OH is 3. The summed E-state index contributed by atoms with van der Waals surface area (Å²) in [6, 6.07) is 0. The molecule has 0 aromatic rings. The minimum absolute atomic E-state index is 0.0191. The van der Waals surface area contributed by atoms with Crippen molar-refractivity contribution < 1.29 is 34.8 Å². The highest BCUT2D eigenvalue weighted by Gasteiger charge is 2.35. The van der Waals surface area contributed by atoms with Crippen LogP contribution >= 0.6 is 0 Å². The maximum Gasteiger partial charge on any atom is 0.335 e. The highest BCUT2D eigenvalue weighted by Crippen LogP contribution is 2.08. The van der Waals surface area contributed by atoms with Crippen molar-refractivity contribution in [3.05, 3.63) is 0 Å². The lowest BCUT2D eigenvalue weighted by atomic mass is 10.0. The molecule has 4 atom stereocenters. The number of carbonyl (C=O) groups is 2. The predicted molar refractivity (Wildman–Crippen MR) is 42.5 cm³/mol. The van der Waals surface area contributed by atoms with Crippen molar-refractivity contribution in [2.75, 3.05) is 7.11 Å². The van der Waals surface area contributed by atoms with Crippen molar-refractivity contribution in [2.45, 2.75) is 24.4 Å². The summed E-state index contributed by atoms with van der Waals surface area (Å²) in [5.74, 6) is -1.62. The van der Waals surface area contributed by atoms with Crippen LogP contribution in [0.25, 0.3) is 0 Å². The van der Waals surface area contributed by atoms with Gasteiger partial charge in [0.05, 0.1) is 0 Å². The lowest BCUT2D eigenvalue weighted by Crippen LogP contribution is -2.49. The summed E-state index contributed by atoms with van der Waals surface area (Å²) >= 11 is 0.